The summed E-state index contributed by atoms with van der Waals surface area (Å²) < 4.78 is 4.31. The molecule has 2 aromatic rings. The van der Waals surface area contributed by atoms with E-state index in [1.807, 2.05) is 6.92 Å². The molecule has 18 heavy (non-hydrogen) atoms. The standard InChI is InChI=1S/C11H17N5O2/c1-4-15-6-13-9-8(15)10(17)16(7(2)5-12)11(18)14(9)3/h6-7H,4-5,12H2,1-3H3. The molecule has 2 rings (SSSR count). The number of hydrogen-bond donors (Lipinski definition) is 1. The molecule has 0 fully saturated rings. The highest BCUT2D eigenvalue weighted by Crippen LogP contribution is 2.06. The highest BCUT2D eigenvalue weighted by atomic mass is 16.2. The second-order valence-corrected chi connectivity index (χ2v) is 4.30. The molecule has 0 aromatic carbocycles. The number of hydrogen-bond acceptors (Lipinski definition) is 4. The Morgan fingerprint density at radius 1 is 1.44 bits per heavy atom. The first kappa shape index (κ1) is 12.6. The van der Waals surface area contributed by atoms with E-state index >= 15 is 0 Å². The molecule has 98 valence electrons. The molecule has 2 N–H and O–H groups in total. The Kier molecular flexibility index (Phi) is 3.08. The van der Waals surface area contributed by atoms with Crippen LogP contribution in [-0.4, -0.2) is 25.2 Å². The largest absolute Gasteiger partial charge is 0.332 e. The van der Waals surface area contributed by atoms with E-state index in [4.69, 9.17) is 5.73 Å². The zero-order valence-electron chi connectivity index (χ0n) is 10.8. The summed E-state index contributed by atoms with van der Waals surface area (Å²) in [6.45, 7) is 4.53. The third-order valence-electron chi connectivity index (χ3n) is 3.17. The van der Waals surface area contributed by atoms with Crippen LogP contribution in [0.25, 0.3) is 11.2 Å². The summed E-state index contributed by atoms with van der Waals surface area (Å²) in [5.41, 5.74) is 5.69. The summed E-state index contributed by atoms with van der Waals surface area (Å²) in [7, 11) is 1.61. The van der Waals surface area contributed by atoms with E-state index in [0.717, 1.165) is 0 Å². The highest BCUT2D eigenvalue weighted by Gasteiger charge is 2.18. The smallest absolute Gasteiger partial charge is 0.328 e. The second-order valence-electron chi connectivity index (χ2n) is 4.30. The third-order valence-corrected chi connectivity index (χ3v) is 3.17. The van der Waals surface area contributed by atoms with Crippen molar-refractivity contribution in [1.29, 1.82) is 0 Å². The van der Waals surface area contributed by atoms with Crippen LogP contribution in [0.3, 0.4) is 0 Å². The minimum atomic E-state index is -0.383. The van der Waals surface area contributed by atoms with Crippen molar-refractivity contribution in [3.8, 4) is 0 Å². The first-order valence-electron chi connectivity index (χ1n) is 5.89. The molecule has 0 spiro atoms. The van der Waals surface area contributed by atoms with Gasteiger partial charge in [0.1, 0.15) is 0 Å². The second kappa shape index (κ2) is 4.41. The molecule has 2 aromatic heterocycles. The van der Waals surface area contributed by atoms with E-state index in [0.29, 0.717) is 17.7 Å². The normalized spacial score (nSPS) is 13.1. The zero-order chi connectivity index (χ0) is 13.4. The van der Waals surface area contributed by atoms with Crippen molar-refractivity contribution in [3.63, 3.8) is 0 Å². The Hall–Kier alpha value is -1.89. The van der Waals surface area contributed by atoms with Crippen LogP contribution in [0, 0.1) is 0 Å². The molecule has 0 amide bonds. The monoisotopic (exact) mass is 251 g/mol. The van der Waals surface area contributed by atoms with E-state index in [-0.39, 0.29) is 23.8 Å². The lowest BCUT2D eigenvalue weighted by molar-refractivity contribution is 0.500. The van der Waals surface area contributed by atoms with Crippen LogP contribution < -0.4 is 17.0 Å². The van der Waals surface area contributed by atoms with Gasteiger partial charge in [0, 0.05) is 20.1 Å². The molecule has 7 nitrogen and oxygen atoms in total. The minimum absolute atomic E-state index is 0.237. The fourth-order valence-electron chi connectivity index (χ4n) is 2.02. The lowest BCUT2D eigenvalue weighted by Crippen LogP contribution is -2.43. The van der Waals surface area contributed by atoms with Crippen molar-refractivity contribution in [2.24, 2.45) is 12.8 Å². The number of nitrogens with two attached hydrogens (primary N) is 1. The molecule has 0 radical (unpaired) electrons. The van der Waals surface area contributed by atoms with Gasteiger partial charge >= 0.3 is 5.69 Å². The van der Waals surface area contributed by atoms with Crippen molar-refractivity contribution in [2.75, 3.05) is 6.54 Å². The molecule has 1 unspecified atom stereocenters. The number of fused-ring (bicyclic) bond motifs is 1. The maximum atomic E-state index is 12.4. The van der Waals surface area contributed by atoms with Gasteiger partial charge in [-0.2, -0.15) is 0 Å². The van der Waals surface area contributed by atoms with Crippen LogP contribution >= 0.6 is 0 Å². The van der Waals surface area contributed by atoms with Gasteiger partial charge in [-0.25, -0.2) is 9.78 Å². The lowest BCUT2D eigenvalue weighted by atomic mass is 10.3. The van der Waals surface area contributed by atoms with Crippen molar-refractivity contribution in [3.05, 3.63) is 27.2 Å². The molecule has 0 saturated heterocycles. The number of nitrogens with zero attached hydrogens (tertiary/aromatic N) is 4. The van der Waals surface area contributed by atoms with Gasteiger partial charge in [0.15, 0.2) is 11.2 Å². The molecule has 7 heteroatoms. The summed E-state index contributed by atoms with van der Waals surface area (Å²) in [4.78, 5) is 28.6. The quantitative estimate of drug-likeness (QED) is 0.791. The van der Waals surface area contributed by atoms with Gasteiger partial charge < -0.3 is 10.3 Å². The van der Waals surface area contributed by atoms with Crippen LogP contribution in [0.5, 0.6) is 0 Å². The molecule has 0 saturated carbocycles. The van der Waals surface area contributed by atoms with E-state index in [2.05, 4.69) is 4.98 Å². The summed E-state index contributed by atoms with van der Waals surface area (Å²) in [5, 5.41) is 0. The fourth-order valence-corrected chi connectivity index (χ4v) is 2.02. The Morgan fingerprint density at radius 3 is 2.67 bits per heavy atom. The molecule has 2 heterocycles. The van der Waals surface area contributed by atoms with Crippen molar-refractivity contribution >= 4 is 11.2 Å². The topological polar surface area (TPSA) is 87.8 Å². The van der Waals surface area contributed by atoms with Gasteiger partial charge in [0.2, 0.25) is 0 Å². The van der Waals surface area contributed by atoms with E-state index < -0.39 is 0 Å². The maximum Gasteiger partial charge on any atom is 0.332 e. The average Bonchev–Trinajstić information content (AvgIpc) is 2.80. The van der Waals surface area contributed by atoms with E-state index in [1.165, 1.54) is 9.13 Å². The molecular formula is C11H17N5O2. The fraction of sp³-hybridized carbons (Fsp3) is 0.545. The first-order chi connectivity index (χ1) is 8.52. The molecule has 0 bridgehead atoms. The van der Waals surface area contributed by atoms with Crippen molar-refractivity contribution in [2.45, 2.75) is 26.4 Å². The molecule has 0 aliphatic heterocycles. The van der Waals surface area contributed by atoms with Gasteiger partial charge in [-0.1, -0.05) is 0 Å². The van der Waals surface area contributed by atoms with Crippen LogP contribution in [0.4, 0.5) is 0 Å². The van der Waals surface area contributed by atoms with Crippen molar-refractivity contribution in [1.82, 2.24) is 18.7 Å². The minimum Gasteiger partial charge on any atom is -0.328 e. The van der Waals surface area contributed by atoms with Crippen molar-refractivity contribution < 1.29 is 0 Å². The Balaban J connectivity index is 2.97. The predicted octanol–water partition coefficient (Wildman–Crippen LogP) is -0.564. The summed E-state index contributed by atoms with van der Waals surface area (Å²) in [6.07, 6.45) is 1.57. The Labute approximate surface area is 103 Å². The lowest BCUT2D eigenvalue weighted by Gasteiger charge is -2.13. The zero-order valence-corrected chi connectivity index (χ0v) is 10.8. The number of aryl methyl sites for hydroxylation is 2. The van der Waals surface area contributed by atoms with E-state index in [9.17, 15) is 9.59 Å². The first-order valence-corrected chi connectivity index (χ1v) is 5.89. The maximum absolute atomic E-state index is 12.4. The Morgan fingerprint density at radius 2 is 2.11 bits per heavy atom. The van der Waals surface area contributed by atoms with E-state index in [1.54, 1.807) is 24.9 Å². The van der Waals surface area contributed by atoms with Crippen LogP contribution in [-0.2, 0) is 13.6 Å². The number of rotatable bonds is 3. The molecule has 0 aliphatic rings. The van der Waals surface area contributed by atoms with Gasteiger partial charge in [-0.3, -0.25) is 13.9 Å². The third kappa shape index (κ3) is 1.59. The Bertz CT molecular complexity index is 694. The summed E-state index contributed by atoms with van der Waals surface area (Å²) in [5.74, 6) is 0. The average molecular weight is 251 g/mol. The van der Waals surface area contributed by atoms with Crippen LogP contribution in [0.1, 0.15) is 19.9 Å². The SMILES string of the molecule is CCn1cnc2c1c(=O)n(C(C)CN)c(=O)n2C. The summed E-state index contributed by atoms with van der Waals surface area (Å²) in [6, 6.07) is -0.333. The van der Waals surface area contributed by atoms with Gasteiger partial charge in [0.05, 0.1) is 12.4 Å². The van der Waals surface area contributed by atoms with Gasteiger partial charge in [-0.05, 0) is 13.8 Å². The van der Waals surface area contributed by atoms with Crippen LogP contribution in [0.2, 0.25) is 0 Å². The number of aromatic nitrogens is 4. The van der Waals surface area contributed by atoms with Crippen LogP contribution in [0.15, 0.2) is 15.9 Å². The van der Waals surface area contributed by atoms with Gasteiger partial charge in [0.25, 0.3) is 5.56 Å². The highest BCUT2D eigenvalue weighted by molar-refractivity contribution is 5.69. The molecule has 1 atom stereocenters. The predicted molar refractivity (Wildman–Crippen MR) is 68.7 cm³/mol. The molecule has 0 aliphatic carbocycles. The van der Waals surface area contributed by atoms with Gasteiger partial charge in [-0.15, -0.1) is 0 Å². The summed E-state index contributed by atoms with van der Waals surface area (Å²) >= 11 is 0. The number of imidazole rings is 1. The molecular weight excluding hydrogens is 234 g/mol.